The van der Waals surface area contributed by atoms with E-state index in [9.17, 15) is 4.79 Å². The number of aromatic nitrogens is 2. The van der Waals surface area contributed by atoms with Crippen molar-refractivity contribution in [1.29, 1.82) is 0 Å². The molecule has 3 aromatic rings. The highest BCUT2D eigenvalue weighted by Gasteiger charge is 2.27. The molecule has 0 N–H and O–H groups in total. The maximum absolute atomic E-state index is 12.6. The normalized spacial score (nSPS) is 18.5. The second-order valence-electron chi connectivity index (χ2n) is 6.13. The summed E-state index contributed by atoms with van der Waals surface area (Å²) in [6.07, 6.45) is 4.25. The zero-order valence-electron chi connectivity index (χ0n) is 13.1. The highest BCUT2D eigenvalue weighted by Crippen LogP contribution is 2.29. The predicted octanol–water partition coefficient (Wildman–Crippen LogP) is 3.72. The molecule has 23 heavy (non-hydrogen) atoms. The van der Waals surface area contributed by atoms with Crippen molar-refractivity contribution in [2.75, 3.05) is 13.1 Å². The van der Waals surface area contributed by atoms with Crippen LogP contribution in [0.25, 0.3) is 5.65 Å². The van der Waals surface area contributed by atoms with Crippen LogP contribution in [0.2, 0.25) is 0 Å². The number of thiophene rings is 1. The molecule has 0 spiro atoms. The minimum Gasteiger partial charge on any atom is -0.337 e. The molecular formula is C18H19N3OS. The first-order chi connectivity index (χ1) is 11.2. The molecular weight excluding hydrogens is 306 g/mol. The Kier molecular flexibility index (Phi) is 3.65. The number of nitrogens with zero attached hydrogens (tertiary/aromatic N) is 3. The van der Waals surface area contributed by atoms with Gasteiger partial charge in [-0.3, -0.25) is 4.79 Å². The van der Waals surface area contributed by atoms with E-state index in [0.29, 0.717) is 5.92 Å². The van der Waals surface area contributed by atoms with Gasteiger partial charge in [0.2, 0.25) is 0 Å². The third-order valence-electron chi connectivity index (χ3n) is 4.50. The van der Waals surface area contributed by atoms with Gasteiger partial charge in [-0.2, -0.15) is 0 Å². The average molecular weight is 325 g/mol. The number of amides is 1. The average Bonchev–Trinajstić information content (AvgIpc) is 3.22. The third-order valence-corrected chi connectivity index (χ3v) is 5.36. The van der Waals surface area contributed by atoms with Gasteiger partial charge in [-0.15, -0.1) is 11.3 Å². The van der Waals surface area contributed by atoms with E-state index >= 15 is 0 Å². The number of rotatable bonds is 2. The number of imidazole rings is 1. The lowest BCUT2D eigenvalue weighted by Crippen LogP contribution is -2.39. The molecule has 1 amide bonds. The van der Waals surface area contributed by atoms with Crippen LogP contribution in [0.15, 0.2) is 41.9 Å². The Morgan fingerprint density at radius 1 is 1.30 bits per heavy atom. The summed E-state index contributed by atoms with van der Waals surface area (Å²) in [5.41, 5.74) is 3.27. The molecule has 0 saturated carbocycles. The quantitative estimate of drug-likeness (QED) is 0.720. The zero-order chi connectivity index (χ0) is 15.8. The van der Waals surface area contributed by atoms with Gasteiger partial charge in [-0.05, 0) is 43.3 Å². The standard InChI is InChI=1S/C18H19N3OS/c1-13-11-21-15(6-2-8-17(21)19-13)14-5-3-9-20(12-14)18(22)16-7-4-10-23-16/h2,4,6-8,10-11,14H,3,5,9,12H2,1H3. The lowest BCUT2D eigenvalue weighted by Gasteiger charge is -2.33. The minimum absolute atomic E-state index is 0.165. The van der Waals surface area contributed by atoms with E-state index in [1.165, 1.54) is 17.0 Å². The Hall–Kier alpha value is -2.14. The lowest BCUT2D eigenvalue weighted by molar-refractivity contribution is 0.0710. The van der Waals surface area contributed by atoms with E-state index in [1.54, 1.807) is 0 Å². The summed E-state index contributed by atoms with van der Waals surface area (Å²) < 4.78 is 2.18. The molecule has 0 bridgehead atoms. The van der Waals surface area contributed by atoms with E-state index < -0.39 is 0 Å². The molecule has 4 rings (SSSR count). The van der Waals surface area contributed by atoms with Crippen molar-refractivity contribution in [3.8, 4) is 0 Å². The van der Waals surface area contributed by atoms with Crippen LogP contribution >= 0.6 is 11.3 Å². The van der Waals surface area contributed by atoms with Crippen molar-refractivity contribution < 1.29 is 4.79 Å². The first-order valence-electron chi connectivity index (χ1n) is 8.00. The fraction of sp³-hybridized carbons (Fsp3) is 0.333. The first kappa shape index (κ1) is 14.5. The molecule has 0 aromatic carbocycles. The van der Waals surface area contributed by atoms with Crippen molar-refractivity contribution in [1.82, 2.24) is 14.3 Å². The van der Waals surface area contributed by atoms with Crippen LogP contribution in [0.1, 0.15) is 39.8 Å². The summed E-state index contributed by atoms with van der Waals surface area (Å²) in [7, 11) is 0. The van der Waals surface area contributed by atoms with E-state index in [-0.39, 0.29) is 5.91 Å². The highest BCUT2D eigenvalue weighted by molar-refractivity contribution is 7.12. The molecule has 0 aliphatic carbocycles. The maximum Gasteiger partial charge on any atom is 0.263 e. The summed E-state index contributed by atoms with van der Waals surface area (Å²) in [5.74, 6) is 0.531. The van der Waals surface area contributed by atoms with Crippen LogP contribution in [-0.4, -0.2) is 33.3 Å². The van der Waals surface area contributed by atoms with Gasteiger partial charge in [0.25, 0.3) is 5.91 Å². The number of carbonyl (C=O) groups excluding carboxylic acids is 1. The Labute approximate surface area is 139 Å². The summed E-state index contributed by atoms with van der Waals surface area (Å²) in [6.45, 7) is 3.66. The Balaban J connectivity index is 1.63. The van der Waals surface area contributed by atoms with E-state index in [0.717, 1.165) is 42.1 Å². The smallest absolute Gasteiger partial charge is 0.263 e. The summed E-state index contributed by atoms with van der Waals surface area (Å²) in [6, 6.07) is 10.1. The first-order valence-corrected chi connectivity index (χ1v) is 8.88. The molecule has 0 radical (unpaired) electrons. The number of fused-ring (bicyclic) bond motifs is 1. The van der Waals surface area contributed by atoms with Gasteiger partial charge in [-0.1, -0.05) is 12.1 Å². The number of hydrogen-bond donors (Lipinski definition) is 0. The van der Waals surface area contributed by atoms with Crippen molar-refractivity contribution in [2.24, 2.45) is 0 Å². The second-order valence-corrected chi connectivity index (χ2v) is 7.08. The van der Waals surface area contributed by atoms with Gasteiger partial charge in [0.05, 0.1) is 10.6 Å². The molecule has 118 valence electrons. The number of hydrogen-bond acceptors (Lipinski definition) is 3. The van der Waals surface area contributed by atoms with Gasteiger partial charge in [-0.25, -0.2) is 4.98 Å². The number of carbonyl (C=O) groups is 1. The largest absolute Gasteiger partial charge is 0.337 e. The SMILES string of the molecule is Cc1cn2c(C3CCCN(C(=O)c4cccs4)C3)cccc2n1. The number of pyridine rings is 1. The monoisotopic (exact) mass is 325 g/mol. The number of piperidine rings is 1. The highest BCUT2D eigenvalue weighted by atomic mass is 32.1. The summed E-state index contributed by atoms with van der Waals surface area (Å²) in [5, 5.41) is 1.96. The Morgan fingerprint density at radius 3 is 3.04 bits per heavy atom. The van der Waals surface area contributed by atoms with Crippen LogP contribution in [0.5, 0.6) is 0 Å². The molecule has 1 saturated heterocycles. The van der Waals surface area contributed by atoms with Crippen LogP contribution in [0.4, 0.5) is 0 Å². The van der Waals surface area contributed by atoms with Gasteiger partial charge >= 0.3 is 0 Å². The molecule has 1 aliphatic heterocycles. The second kappa shape index (κ2) is 5.81. The van der Waals surface area contributed by atoms with Crippen molar-refractivity contribution in [3.05, 3.63) is 58.2 Å². The molecule has 1 fully saturated rings. The van der Waals surface area contributed by atoms with Gasteiger partial charge in [0, 0.05) is 30.9 Å². The predicted molar refractivity (Wildman–Crippen MR) is 92.1 cm³/mol. The number of aryl methyl sites for hydroxylation is 1. The number of likely N-dealkylation sites (tertiary alicyclic amines) is 1. The van der Waals surface area contributed by atoms with E-state index in [2.05, 4.69) is 27.7 Å². The molecule has 1 atom stereocenters. The van der Waals surface area contributed by atoms with Gasteiger partial charge in [0.15, 0.2) is 0 Å². The van der Waals surface area contributed by atoms with Crippen LogP contribution in [0, 0.1) is 6.92 Å². The van der Waals surface area contributed by atoms with Crippen molar-refractivity contribution in [3.63, 3.8) is 0 Å². The summed E-state index contributed by atoms with van der Waals surface area (Å²) >= 11 is 1.52. The van der Waals surface area contributed by atoms with Crippen molar-refractivity contribution >= 4 is 22.9 Å². The molecule has 1 unspecified atom stereocenters. The Bertz CT molecular complexity index is 837. The minimum atomic E-state index is 0.165. The Morgan fingerprint density at radius 2 is 2.22 bits per heavy atom. The van der Waals surface area contributed by atoms with Crippen LogP contribution in [0.3, 0.4) is 0 Å². The zero-order valence-corrected chi connectivity index (χ0v) is 13.9. The fourth-order valence-electron chi connectivity index (χ4n) is 3.45. The van der Waals surface area contributed by atoms with E-state index in [1.807, 2.05) is 35.4 Å². The topological polar surface area (TPSA) is 37.6 Å². The van der Waals surface area contributed by atoms with Gasteiger partial charge < -0.3 is 9.30 Å². The van der Waals surface area contributed by atoms with Gasteiger partial charge in [0.1, 0.15) is 5.65 Å². The van der Waals surface area contributed by atoms with Crippen molar-refractivity contribution in [2.45, 2.75) is 25.7 Å². The summed E-state index contributed by atoms with van der Waals surface area (Å²) in [4.78, 5) is 20.0. The maximum atomic E-state index is 12.6. The van der Waals surface area contributed by atoms with Crippen LogP contribution in [-0.2, 0) is 0 Å². The molecule has 3 aromatic heterocycles. The van der Waals surface area contributed by atoms with Crippen LogP contribution < -0.4 is 0 Å². The lowest BCUT2D eigenvalue weighted by atomic mass is 9.94. The molecule has 5 heteroatoms. The fourth-order valence-corrected chi connectivity index (χ4v) is 4.14. The molecule has 4 nitrogen and oxygen atoms in total. The third kappa shape index (κ3) is 2.65. The molecule has 1 aliphatic rings. The molecule has 4 heterocycles. The van der Waals surface area contributed by atoms with E-state index in [4.69, 9.17) is 0 Å².